The highest BCUT2D eigenvalue weighted by molar-refractivity contribution is 6.36. The number of benzene rings is 2. The summed E-state index contributed by atoms with van der Waals surface area (Å²) in [6.45, 7) is 3.31. The number of aliphatic hydroxyl groups excluding tert-OH is 2. The van der Waals surface area contributed by atoms with Crippen molar-refractivity contribution in [2.45, 2.75) is 27.1 Å². The zero-order chi connectivity index (χ0) is 34.5. The number of aryl methyl sites for hydroxylation is 2. The minimum Gasteiger partial charge on any atom is -0.392 e. The Balaban J connectivity index is 0.000000188. The van der Waals surface area contributed by atoms with Crippen molar-refractivity contribution in [2.75, 3.05) is 0 Å². The Hall–Kier alpha value is -3.93. The van der Waals surface area contributed by atoms with Crippen molar-refractivity contribution < 1.29 is 10.2 Å². The van der Waals surface area contributed by atoms with E-state index in [2.05, 4.69) is 30.4 Å². The number of hydrogen-bond acceptors (Lipinski definition) is 8. The van der Waals surface area contributed by atoms with Crippen LogP contribution in [-0.4, -0.2) is 40.6 Å². The maximum atomic E-state index is 12.4. The first-order valence-corrected chi connectivity index (χ1v) is 16.1. The molecule has 0 aliphatic rings. The van der Waals surface area contributed by atoms with Crippen molar-refractivity contribution in [2.24, 2.45) is 0 Å². The Kier molecular flexibility index (Phi) is 11.4. The Bertz CT molecular complexity index is 2160. The largest absolute Gasteiger partial charge is 0.392 e. The van der Waals surface area contributed by atoms with Gasteiger partial charge in [0, 0.05) is 33.6 Å². The molecule has 0 unspecified atom stereocenters. The summed E-state index contributed by atoms with van der Waals surface area (Å²) >= 11 is 30.9. The lowest BCUT2D eigenvalue weighted by atomic mass is 9.97. The maximum Gasteiger partial charge on any atom is 0.274 e. The summed E-state index contributed by atoms with van der Waals surface area (Å²) in [4.78, 5) is 21.1. The molecule has 4 aromatic heterocycles. The minimum atomic E-state index is -0.392. The van der Waals surface area contributed by atoms with Crippen LogP contribution in [0.2, 0.25) is 25.2 Å². The van der Waals surface area contributed by atoms with E-state index in [1.807, 2.05) is 31.2 Å². The van der Waals surface area contributed by atoms with Crippen molar-refractivity contribution in [3.8, 4) is 44.8 Å². The summed E-state index contributed by atoms with van der Waals surface area (Å²) in [5.74, 6) is 0. The number of rotatable bonds is 6. The van der Waals surface area contributed by atoms with Gasteiger partial charge >= 0.3 is 0 Å². The van der Waals surface area contributed by atoms with Crippen molar-refractivity contribution in [3.05, 3.63) is 131 Å². The first-order chi connectivity index (χ1) is 23.0. The first-order valence-electron chi connectivity index (χ1n) is 14.2. The lowest BCUT2D eigenvalue weighted by molar-refractivity contribution is 0.281. The Labute approximate surface area is 300 Å². The third-order valence-corrected chi connectivity index (χ3v) is 8.51. The Morgan fingerprint density at radius 3 is 1.54 bits per heavy atom. The van der Waals surface area contributed by atoms with Crippen LogP contribution in [0.25, 0.3) is 44.8 Å². The summed E-state index contributed by atoms with van der Waals surface area (Å²) < 4.78 is 0. The molecule has 0 aliphatic carbocycles. The van der Waals surface area contributed by atoms with Crippen LogP contribution in [0.1, 0.15) is 22.5 Å². The minimum absolute atomic E-state index is 0.140. The number of nitrogens with one attached hydrogen (secondary N) is 1. The fraction of sp³-hybridized carbons (Fsp3) is 0.118. The van der Waals surface area contributed by atoms with E-state index in [1.54, 1.807) is 49.5 Å². The molecule has 0 spiro atoms. The molecule has 4 heterocycles. The zero-order valence-electron chi connectivity index (χ0n) is 25.3. The standard InChI is InChI=1S/C17H12Cl3N3O.C17H13Cl2N3O2/c1-9-14(11-2-4-12(18)5-3-11)15(17(20)23-22-9)16-13(19)6-10(8-24)7-21-16;1-9-14(11-2-4-12(18)5-3-11)15(17(24)22-21-9)16-13(19)6-10(8-23)7-20-16/h2-7,24H,8H2,1H3;2-7,23H,8H2,1H3,(H,22,24). The van der Waals surface area contributed by atoms with Gasteiger partial charge in [-0.15, -0.1) is 5.10 Å². The lowest BCUT2D eigenvalue weighted by Crippen LogP contribution is -2.15. The molecule has 0 radical (unpaired) electrons. The number of aliphatic hydroxyl groups is 2. The molecule has 14 heteroatoms. The molecule has 0 amide bonds. The summed E-state index contributed by atoms with van der Waals surface area (Å²) in [7, 11) is 0. The quantitative estimate of drug-likeness (QED) is 0.154. The van der Waals surface area contributed by atoms with Crippen molar-refractivity contribution in [1.82, 2.24) is 30.4 Å². The fourth-order valence-corrected chi connectivity index (χ4v) is 5.96. The molecule has 0 saturated heterocycles. The van der Waals surface area contributed by atoms with Gasteiger partial charge in [0.2, 0.25) is 0 Å². The topological polar surface area (TPSA) is 138 Å². The summed E-state index contributed by atoms with van der Waals surface area (Å²) in [5, 5.41) is 35.1. The predicted molar refractivity (Wildman–Crippen MR) is 191 cm³/mol. The molecule has 244 valence electrons. The molecule has 9 nitrogen and oxygen atoms in total. The van der Waals surface area contributed by atoms with Gasteiger partial charge in [0.1, 0.15) is 0 Å². The van der Waals surface area contributed by atoms with Crippen LogP contribution < -0.4 is 5.56 Å². The maximum absolute atomic E-state index is 12.4. The van der Waals surface area contributed by atoms with Gasteiger partial charge in [0.15, 0.2) is 5.15 Å². The normalized spacial score (nSPS) is 10.9. The van der Waals surface area contributed by atoms with Gasteiger partial charge in [0.05, 0.1) is 57.2 Å². The van der Waals surface area contributed by atoms with Gasteiger partial charge in [-0.3, -0.25) is 14.8 Å². The van der Waals surface area contributed by atoms with Gasteiger partial charge < -0.3 is 10.2 Å². The van der Waals surface area contributed by atoms with Crippen molar-refractivity contribution in [1.29, 1.82) is 0 Å². The summed E-state index contributed by atoms with van der Waals surface area (Å²) in [5.41, 5.74) is 6.98. The monoisotopic (exact) mass is 740 g/mol. The number of halogens is 5. The highest BCUT2D eigenvalue weighted by atomic mass is 35.5. The molecule has 6 aromatic rings. The third kappa shape index (κ3) is 7.69. The molecule has 3 N–H and O–H groups in total. The lowest BCUT2D eigenvalue weighted by Gasteiger charge is -2.14. The molecule has 0 fully saturated rings. The highest BCUT2D eigenvalue weighted by Crippen LogP contribution is 2.40. The molecular formula is C34H25Cl5N6O3. The average Bonchev–Trinajstić information content (AvgIpc) is 3.08. The van der Waals surface area contributed by atoms with E-state index in [0.717, 1.165) is 16.7 Å². The number of aromatic amines is 1. The number of aromatic nitrogens is 6. The van der Waals surface area contributed by atoms with Gasteiger partial charge in [0.25, 0.3) is 5.56 Å². The van der Waals surface area contributed by atoms with Crippen molar-refractivity contribution >= 4 is 58.0 Å². The third-order valence-electron chi connectivity index (χ3n) is 7.17. The molecule has 2 aromatic carbocycles. The van der Waals surface area contributed by atoms with Crippen LogP contribution in [-0.2, 0) is 13.2 Å². The van der Waals surface area contributed by atoms with Gasteiger partial charge in [-0.25, -0.2) is 5.10 Å². The van der Waals surface area contributed by atoms with Crippen LogP contribution in [0.5, 0.6) is 0 Å². The predicted octanol–water partition coefficient (Wildman–Crippen LogP) is 8.57. The molecular weight excluding hydrogens is 718 g/mol. The van der Waals surface area contributed by atoms with Crippen LogP contribution in [0.15, 0.2) is 77.9 Å². The van der Waals surface area contributed by atoms with E-state index in [0.29, 0.717) is 65.7 Å². The second kappa shape index (κ2) is 15.5. The van der Waals surface area contributed by atoms with Crippen LogP contribution in [0.4, 0.5) is 0 Å². The second-order valence-electron chi connectivity index (χ2n) is 10.4. The van der Waals surface area contributed by atoms with Crippen LogP contribution in [0.3, 0.4) is 0 Å². The van der Waals surface area contributed by atoms with Gasteiger partial charge in [-0.1, -0.05) is 82.3 Å². The van der Waals surface area contributed by atoms with E-state index in [-0.39, 0.29) is 23.4 Å². The molecule has 0 saturated carbocycles. The average molecular weight is 743 g/mol. The second-order valence-corrected chi connectivity index (χ2v) is 12.4. The van der Waals surface area contributed by atoms with E-state index >= 15 is 0 Å². The van der Waals surface area contributed by atoms with E-state index in [4.69, 9.17) is 58.0 Å². The summed E-state index contributed by atoms with van der Waals surface area (Å²) in [6.07, 6.45) is 3.04. The number of nitrogens with zero attached hydrogens (tertiary/aromatic N) is 5. The molecule has 0 atom stereocenters. The van der Waals surface area contributed by atoms with E-state index in [1.165, 1.54) is 6.20 Å². The number of pyridine rings is 2. The smallest absolute Gasteiger partial charge is 0.274 e. The molecule has 0 bridgehead atoms. The van der Waals surface area contributed by atoms with Gasteiger partial charge in [-0.2, -0.15) is 10.2 Å². The number of H-pyrrole nitrogens is 1. The molecule has 0 aliphatic heterocycles. The van der Waals surface area contributed by atoms with Crippen LogP contribution >= 0.6 is 58.0 Å². The van der Waals surface area contributed by atoms with Crippen molar-refractivity contribution in [3.63, 3.8) is 0 Å². The highest BCUT2D eigenvalue weighted by Gasteiger charge is 2.21. The van der Waals surface area contributed by atoms with Crippen LogP contribution in [0, 0.1) is 13.8 Å². The Morgan fingerprint density at radius 2 is 1.08 bits per heavy atom. The summed E-state index contributed by atoms with van der Waals surface area (Å²) in [6, 6.07) is 17.7. The molecule has 48 heavy (non-hydrogen) atoms. The molecule has 6 rings (SSSR count). The Morgan fingerprint density at radius 1 is 0.625 bits per heavy atom. The number of hydrogen-bond donors (Lipinski definition) is 3. The fourth-order valence-electron chi connectivity index (χ4n) is 4.92. The first kappa shape index (κ1) is 35.4. The van der Waals surface area contributed by atoms with Gasteiger partial charge in [-0.05, 0) is 72.5 Å². The van der Waals surface area contributed by atoms with E-state index < -0.39 is 5.56 Å². The van der Waals surface area contributed by atoms with E-state index in [9.17, 15) is 15.0 Å². The zero-order valence-corrected chi connectivity index (χ0v) is 29.1. The SMILES string of the molecule is Cc1n[nH]c(=O)c(-c2ncc(CO)cc2Cl)c1-c1ccc(Cl)cc1.Cc1nnc(Cl)c(-c2ncc(CO)cc2Cl)c1-c1ccc(Cl)cc1.